The molecular weight excluding hydrogens is 178 g/mol. The number of hydrogen-bond donors (Lipinski definition) is 2. The molecule has 2 saturated carbocycles. The van der Waals surface area contributed by atoms with Crippen molar-refractivity contribution in [2.45, 2.75) is 51.1 Å². The third-order valence-corrected chi connectivity index (χ3v) is 3.22. The Hall–Kier alpha value is -0.570. The molecule has 3 heteroatoms. The van der Waals surface area contributed by atoms with Gasteiger partial charge in [-0.2, -0.15) is 0 Å². The second kappa shape index (κ2) is 3.89. The van der Waals surface area contributed by atoms with Crippen LogP contribution in [0.5, 0.6) is 0 Å². The van der Waals surface area contributed by atoms with Crippen molar-refractivity contribution in [1.29, 1.82) is 0 Å². The molecule has 0 aromatic rings. The largest absolute Gasteiger partial charge is 0.481 e. The average Bonchev–Trinajstić information content (AvgIpc) is 2.94. The summed E-state index contributed by atoms with van der Waals surface area (Å²) in [5.74, 6) is 0.993. The third-order valence-electron chi connectivity index (χ3n) is 3.22. The van der Waals surface area contributed by atoms with E-state index in [4.69, 9.17) is 5.11 Å². The maximum Gasteiger partial charge on any atom is 0.304 e. The standard InChI is InChI=1S/C11H19NO2/c1-7(6-10(13)14)12-11(8-2-3-8)9-4-5-9/h7-9,11-12H,2-6H2,1H3,(H,13,14). The molecule has 0 radical (unpaired) electrons. The summed E-state index contributed by atoms with van der Waals surface area (Å²) in [7, 11) is 0. The lowest BCUT2D eigenvalue weighted by Crippen LogP contribution is -2.40. The number of carboxylic acids is 1. The predicted octanol–water partition coefficient (Wildman–Crippen LogP) is 1.63. The summed E-state index contributed by atoms with van der Waals surface area (Å²) < 4.78 is 0. The summed E-state index contributed by atoms with van der Waals surface area (Å²) in [5, 5.41) is 12.2. The summed E-state index contributed by atoms with van der Waals surface area (Å²) >= 11 is 0. The van der Waals surface area contributed by atoms with Crippen LogP contribution in [-0.4, -0.2) is 23.2 Å². The van der Waals surface area contributed by atoms with Gasteiger partial charge in [-0.1, -0.05) is 0 Å². The predicted molar refractivity (Wildman–Crippen MR) is 54.1 cm³/mol. The smallest absolute Gasteiger partial charge is 0.304 e. The quantitative estimate of drug-likeness (QED) is 0.680. The van der Waals surface area contributed by atoms with E-state index in [1.165, 1.54) is 25.7 Å². The number of carbonyl (C=O) groups is 1. The van der Waals surface area contributed by atoms with Crippen LogP contribution in [0.15, 0.2) is 0 Å². The van der Waals surface area contributed by atoms with Gasteiger partial charge in [0.1, 0.15) is 0 Å². The number of carboxylic acid groups (broad SMARTS) is 1. The second-order valence-corrected chi connectivity index (χ2v) is 4.87. The number of aliphatic carboxylic acids is 1. The molecule has 0 amide bonds. The minimum atomic E-state index is -0.699. The molecular formula is C11H19NO2. The van der Waals surface area contributed by atoms with Crippen molar-refractivity contribution in [1.82, 2.24) is 5.32 Å². The van der Waals surface area contributed by atoms with Gasteiger partial charge >= 0.3 is 5.97 Å². The lowest BCUT2D eigenvalue weighted by atomic mass is 10.1. The SMILES string of the molecule is CC(CC(=O)O)NC(C1CC1)C1CC1. The fourth-order valence-electron chi connectivity index (χ4n) is 2.22. The van der Waals surface area contributed by atoms with E-state index in [2.05, 4.69) is 5.32 Å². The molecule has 3 nitrogen and oxygen atoms in total. The highest BCUT2D eigenvalue weighted by Gasteiger charge is 2.41. The van der Waals surface area contributed by atoms with E-state index in [1.54, 1.807) is 0 Å². The van der Waals surface area contributed by atoms with Crippen LogP contribution in [0, 0.1) is 11.8 Å². The van der Waals surface area contributed by atoms with Crippen LogP contribution >= 0.6 is 0 Å². The van der Waals surface area contributed by atoms with E-state index in [9.17, 15) is 4.79 Å². The van der Waals surface area contributed by atoms with Gasteiger partial charge in [-0.25, -0.2) is 0 Å². The van der Waals surface area contributed by atoms with Gasteiger partial charge in [-0.15, -0.1) is 0 Å². The van der Waals surface area contributed by atoms with Gasteiger partial charge in [-0.05, 0) is 44.4 Å². The highest BCUT2D eigenvalue weighted by atomic mass is 16.4. The zero-order chi connectivity index (χ0) is 10.1. The second-order valence-electron chi connectivity index (χ2n) is 4.87. The summed E-state index contributed by atoms with van der Waals surface area (Å²) in [6.45, 7) is 1.98. The highest BCUT2D eigenvalue weighted by molar-refractivity contribution is 5.67. The molecule has 2 fully saturated rings. The van der Waals surface area contributed by atoms with Crippen molar-refractivity contribution in [3.63, 3.8) is 0 Å². The minimum absolute atomic E-state index is 0.124. The van der Waals surface area contributed by atoms with Crippen LogP contribution in [0.25, 0.3) is 0 Å². The van der Waals surface area contributed by atoms with E-state index < -0.39 is 5.97 Å². The Morgan fingerprint density at radius 3 is 2.21 bits per heavy atom. The Bertz CT molecular complexity index is 209. The van der Waals surface area contributed by atoms with Crippen molar-refractivity contribution in [3.05, 3.63) is 0 Å². The topological polar surface area (TPSA) is 49.3 Å². The fourth-order valence-corrected chi connectivity index (χ4v) is 2.22. The summed E-state index contributed by atoms with van der Waals surface area (Å²) in [4.78, 5) is 10.5. The van der Waals surface area contributed by atoms with E-state index >= 15 is 0 Å². The molecule has 1 unspecified atom stereocenters. The van der Waals surface area contributed by atoms with Crippen molar-refractivity contribution < 1.29 is 9.90 Å². The van der Waals surface area contributed by atoms with E-state index in [1.807, 2.05) is 6.92 Å². The van der Waals surface area contributed by atoms with Gasteiger partial charge in [0, 0.05) is 12.1 Å². The van der Waals surface area contributed by atoms with Crippen molar-refractivity contribution in [2.75, 3.05) is 0 Å². The maximum atomic E-state index is 10.5. The molecule has 0 spiro atoms. The molecule has 0 bridgehead atoms. The van der Waals surface area contributed by atoms with Crippen LogP contribution in [0.3, 0.4) is 0 Å². The van der Waals surface area contributed by atoms with Gasteiger partial charge in [0.25, 0.3) is 0 Å². The Morgan fingerprint density at radius 1 is 1.36 bits per heavy atom. The molecule has 0 aromatic carbocycles. The first kappa shape index (κ1) is 9.97. The Kier molecular flexibility index (Phi) is 2.77. The number of hydrogen-bond acceptors (Lipinski definition) is 2. The zero-order valence-corrected chi connectivity index (χ0v) is 8.70. The molecule has 0 aromatic heterocycles. The molecule has 0 saturated heterocycles. The molecule has 0 aliphatic heterocycles. The van der Waals surface area contributed by atoms with E-state index in [0.717, 1.165) is 11.8 Å². The third kappa shape index (κ3) is 2.71. The Morgan fingerprint density at radius 2 is 1.86 bits per heavy atom. The summed E-state index contributed by atoms with van der Waals surface area (Å²) in [5.41, 5.74) is 0. The molecule has 80 valence electrons. The van der Waals surface area contributed by atoms with Crippen molar-refractivity contribution in [3.8, 4) is 0 Å². The van der Waals surface area contributed by atoms with Crippen LogP contribution < -0.4 is 5.32 Å². The normalized spacial score (nSPS) is 23.9. The fraction of sp³-hybridized carbons (Fsp3) is 0.909. The first-order chi connectivity index (χ1) is 6.66. The number of nitrogens with one attached hydrogen (secondary N) is 1. The summed E-state index contributed by atoms with van der Waals surface area (Å²) in [6.07, 6.45) is 5.61. The molecule has 2 aliphatic carbocycles. The highest BCUT2D eigenvalue weighted by Crippen LogP contribution is 2.44. The lowest BCUT2D eigenvalue weighted by Gasteiger charge is -2.22. The van der Waals surface area contributed by atoms with Gasteiger partial charge < -0.3 is 10.4 Å². The lowest BCUT2D eigenvalue weighted by molar-refractivity contribution is -0.137. The number of rotatable bonds is 6. The summed E-state index contributed by atoms with van der Waals surface area (Å²) in [6, 6.07) is 0.739. The van der Waals surface area contributed by atoms with E-state index in [0.29, 0.717) is 6.04 Å². The van der Waals surface area contributed by atoms with Crippen LogP contribution in [-0.2, 0) is 4.79 Å². The first-order valence-corrected chi connectivity index (χ1v) is 5.64. The molecule has 2 rings (SSSR count). The Labute approximate surface area is 84.9 Å². The zero-order valence-electron chi connectivity index (χ0n) is 8.70. The monoisotopic (exact) mass is 197 g/mol. The first-order valence-electron chi connectivity index (χ1n) is 5.64. The molecule has 0 heterocycles. The Balaban J connectivity index is 1.77. The molecule has 2 aliphatic rings. The van der Waals surface area contributed by atoms with Gasteiger partial charge in [0.2, 0.25) is 0 Å². The van der Waals surface area contributed by atoms with Crippen LogP contribution in [0.1, 0.15) is 39.0 Å². The molecule has 2 N–H and O–H groups in total. The van der Waals surface area contributed by atoms with Crippen LogP contribution in [0.2, 0.25) is 0 Å². The molecule has 1 atom stereocenters. The van der Waals surface area contributed by atoms with Gasteiger partial charge in [-0.3, -0.25) is 4.79 Å². The minimum Gasteiger partial charge on any atom is -0.481 e. The van der Waals surface area contributed by atoms with Crippen molar-refractivity contribution >= 4 is 5.97 Å². The van der Waals surface area contributed by atoms with E-state index in [-0.39, 0.29) is 12.5 Å². The average molecular weight is 197 g/mol. The maximum absolute atomic E-state index is 10.5. The van der Waals surface area contributed by atoms with Gasteiger partial charge in [0.15, 0.2) is 0 Å². The van der Waals surface area contributed by atoms with Crippen LogP contribution in [0.4, 0.5) is 0 Å². The van der Waals surface area contributed by atoms with Gasteiger partial charge in [0.05, 0.1) is 6.42 Å². The molecule has 14 heavy (non-hydrogen) atoms. The van der Waals surface area contributed by atoms with Crippen molar-refractivity contribution in [2.24, 2.45) is 11.8 Å².